The predicted octanol–water partition coefficient (Wildman–Crippen LogP) is 0.450. The Labute approximate surface area is 114 Å². The van der Waals surface area contributed by atoms with Crippen molar-refractivity contribution in [1.82, 2.24) is 20.4 Å². The zero-order chi connectivity index (χ0) is 13.7. The van der Waals surface area contributed by atoms with Crippen molar-refractivity contribution in [3.05, 3.63) is 5.51 Å². The first-order chi connectivity index (χ1) is 9.15. The second kappa shape index (κ2) is 6.32. The first-order valence-corrected chi connectivity index (χ1v) is 6.88. The van der Waals surface area contributed by atoms with Gasteiger partial charge in [0.15, 0.2) is 0 Å². The maximum absolute atomic E-state index is 12.0. The highest BCUT2D eigenvalue weighted by molar-refractivity contribution is 7.13. The van der Waals surface area contributed by atoms with Gasteiger partial charge in [-0.1, -0.05) is 11.3 Å². The number of hydrogen-bond acceptors (Lipinski definition) is 5. The van der Waals surface area contributed by atoms with E-state index in [1.807, 2.05) is 0 Å². The number of nitrogens with zero attached hydrogens (tertiary/aromatic N) is 3. The van der Waals surface area contributed by atoms with Crippen LogP contribution in [0, 0.1) is 5.92 Å². The van der Waals surface area contributed by atoms with Gasteiger partial charge >= 0.3 is 12.1 Å². The van der Waals surface area contributed by atoms with E-state index in [-0.39, 0.29) is 11.9 Å². The van der Waals surface area contributed by atoms with Gasteiger partial charge in [0.2, 0.25) is 5.13 Å². The SMILES string of the molecule is NC(=O)NCC1CCCN(C(=O)Nc2nncs2)C1. The fraction of sp³-hybridized carbons (Fsp3) is 0.600. The lowest BCUT2D eigenvalue weighted by atomic mass is 9.98. The minimum absolute atomic E-state index is 0.180. The lowest BCUT2D eigenvalue weighted by Crippen LogP contribution is -2.46. The summed E-state index contributed by atoms with van der Waals surface area (Å²) < 4.78 is 0. The molecule has 2 rings (SSSR count). The number of likely N-dealkylation sites (tertiary alicyclic amines) is 1. The fourth-order valence-corrected chi connectivity index (χ4v) is 2.49. The molecule has 1 unspecified atom stereocenters. The van der Waals surface area contributed by atoms with Crippen LogP contribution in [0.25, 0.3) is 0 Å². The van der Waals surface area contributed by atoms with Gasteiger partial charge in [-0.15, -0.1) is 10.2 Å². The van der Waals surface area contributed by atoms with E-state index in [2.05, 4.69) is 20.8 Å². The normalized spacial score (nSPS) is 18.9. The molecule has 0 saturated carbocycles. The summed E-state index contributed by atoms with van der Waals surface area (Å²) in [6.07, 6.45) is 1.89. The van der Waals surface area contributed by atoms with E-state index >= 15 is 0 Å². The summed E-state index contributed by atoms with van der Waals surface area (Å²) in [6, 6.07) is -0.712. The number of amides is 4. The predicted molar refractivity (Wildman–Crippen MR) is 70.8 cm³/mol. The molecule has 1 atom stereocenters. The molecular weight excluding hydrogens is 268 g/mol. The number of urea groups is 2. The minimum atomic E-state index is -0.532. The highest BCUT2D eigenvalue weighted by Gasteiger charge is 2.24. The van der Waals surface area contributed by atoms with Crippen molar-refractivity contribution in [2.75, 3.05) is 25.0 Å². The number of carbonyl (C=O) groups excluding carboxylic acids is 2. The molecule has 1 aromatic heterocycles. The highest BCUT2D eigenvalue weighted by atomic mass is 32.1. The van der Waals surface area contributed by atoms with Gasteiger partial charge in [0.05, 0.1) is 0 Å². The number of piperidine rings is 1. The highest BCUT2D eigenvalue weighted by Crippen LogP contribution is 2.17. The third kappa shape index (κ3) is 4.05. The third-order valence-corrected chi connectivity index (χ3v) is 3.55. The number of hydrogen-bond donors (Lipinski definition) is 3. The summed E-state index contributed by atoms with van der Waals surface area (Å²) in [5.41, 5.74) is 6.60. The number of carbonyl (C=O) groups is 2. The lowest BCUT2D eigenvalue weighted by molar-refractivity contribution is 0.176. The van der Waals surface area contributed by atoms with Crippen molar-refractivity contribution in [2.24, 2.45) is 11.7 Å². The van der Waals surface area contributed by atoms with E-state index < -0.39 is 6.03 Å². The molecular formula is C10H16N6O2S. The Morgan fingerprint density at radius 3 is 3.11 bits per heavy atom. The number of rotatable bonds is 3. The number of anilines is 1. The van der Waals surface area contributed by atoms with Crippen LogP contribution in [0.2, 0.25) is 0 Å². The molecule has 0 radical (unpaired) electrons. The molecule has 104 valence electrons. The Hall–Kier alpha value is -1.90. The maximum atomic E-state index is 12.0. The van der Waals surface area contributed by atoms with E-state index in [1.54, 1.807) is 10.4 Å². The van der Waals surface area contributed by atoms with Gasteiger partial charge in [-0.2, -0.15) is 0 Å². The molecule has 2 heterocycles. The van der Waals surface area contributed by atoms with Gasteiger partial charge in [-0.05, 0) is 18.8 Å². The Balaban J connectivity index is 1.82. The van der Waals surface area contributed by atoms with E-state index in [0.29, 0.717) is 24.8 Å². The topological polar surface area (TPSA) is 113 Å². The quantitative estimate of drug-likeness (QED) is 0.747. The maximum Gasteiger partial charge on any atom is 0.323 e. The second-order valence-corrected chi connectivity index (χ2v) is 5.21. The number of aromatic nitrogens is 2. The van der Waals surface area contributed by atoms with E-state index in [1.165, 1.54) is 11.3 Å². The summed E-state index contributed by atoms with van der Waals surface area (Å²) >= 11 is 1.28. The fourth-order valence-electron chi connectivity index (χ4n) is 2.06. The monoisotopic (exact) mass is 284 g/mol. The molecule has 19 heavy (non-hydrogen) atoms. The molecule has 0 bridgehead atoms. The number of nitrogens with two attached hydrogens (primary N) is 1. The molecule has 0 aliphatic carbocycles. The smallest absolute Gasteiger partial charge is 0.323 e. The van der Waals surface area contributed by atoms with Crippen molar-refractivity contribution in [3.63, 3.8) is 0 Å². The van der Waals surface area contributed by atoms with E-state index in [0.717, 1.165) is 12.8 Å². The summed E-state index contributed by atoms with van der Waals surface area (Å²) in [7, 11) is 0. The van der Waals surface area contributed by atoms with E-state index in [4.69, 9.17) is 5.73 Å². The van der Waals surface area contributed by atoms with Gasteiger partial charge in [0.1, 0.15) is 5.51 Å². The Kier molecular flexibility index (Phi) is 4.50. The Morgan fingerprint density at radius 1 is 1.58 bits per heavy atom. The first kappa shape index (κ1) is 13.5. The van der Waals surface area contributed by atoms with Crippen molar-refractivity contribution in [2.45, 2.75) is 12.8 Å². The molecule has 8 nitrogen and oxygen atoms in total. The lowest BCUT2D eigenvalue weighted by Gasteiger charge is -2.32. The summed E-state index contributed by atoms with van der Waals surface area (Å²) in [6.45, 7) is 1.81. The number of nitrogens with one attached hydrogen (secondary N) is 2. The molecule has 1 fully saturated rings. The standard InChI is InChI=1S/C10H16N6O2S/c11-8(17)12-4-7-2-1-3-16(5-7)10(18)14-9-15-13-6-19-9/h6-7H,1-5H2,(H3,11,12,17)(H,14,15,18). The van der Waals surface area contributed by atoms with Crippen LogP contribution < -0.4 is 16.4 Å². The summed E-state index contributed by atoms with van der Waals surface area (Å²) in [5, 5.41) is 13.2. The first-order valence-electron chi connectivity index (χ1n) is 6.00. The zero-order valence-electron chi connectivity index (χ0n) is 10.3. The largest absolute Gasteiger partial charge is 0.352 e. The molecule has 1 saturated heterocycles. The van der Waals surface area contributed by atoms with E-state index in [9.17, 15) is 9.59 Å². The molecule has 4 N–H and O–H groups in total. The molecule has 1 aromatic rings. The second-order valence-electron chi connectivity index (χ2n) is 4.37. The molecule has 1 aliphatic heterocycles. The van der Waals surface area contributed by atoms with Gasteiger partial charge in [0, 0.05) is 19.6 Å². The van der Waals surface area contributed by atoms with Crippen LogP contribution >= 0.6 is 11.3 Å². The third-order valence-electron chi connectivity index (χ3n) is 2.95. The molecule has 0 spiro atoms. The van der Waals surface area contributed by atoms with Crippen molar-refractivity contribution < 1.29 is 9.59 Å². The van der Waals surface area contributed by atoms with Crippen LogP contribution in [0.4, 0.5) is 14.7 Å². The molecule has 4 amide bonds. The van der Waals surface area contributed by atoms with Gasteiger partial charge in [0.25, 0.3) is 0 Å². The van der Waals surface area contributed by atoms with Crippen molar-refractivity contribution in [1.29, 1.82) is 0 Å². The van der Waals surface area contributed by atoms with Crippen LogP contribution in [0.15, 0.2) is 5.51 Å². The summed E-state index contributed by atoms with van der Waals surface area (Å²) in [4.78, 5) is 24.4. The van der Waals surface area contributed by atoms with Crippen molar-refractivity contribution in [3.8, 4) is 0 Å². The Morgan fingerprint density at radius 2 is 2.42 bits per heavy atom. The van der Waals surface area contributed by atoms with Gasteiger partial charge < -0.3 is 16.0 Å². The van der Waals surface area contributed by atoms with Crippen LogP contribution in [-0.2, 0) is 0 Å². The van der Waals surface area contributed by atoms with Crippen LogP contribution in [0.5, 0.6) is 0 Å². The van der Waals surface area contributed by atoms with Gasteiger partial charge in [-0.25, -0.2) is 9.59 Å². The minimum Gasteiger partial charge on any atom is -0.352 e. The van der Waals surface area contributed by atoms with Crippen LogP contribution in [0.3, 0.4) is 0 Å². The average Bonchev–Trinajstić information content (AvgIpc) is 2.89. The Bertz CT molecular complexity index is 437. The van der Waals surface area contributed by atoms with Crippen LogP contribution in [-0.4, -0.2) is 46.8 Å². The molecule has 0 aromatic carbocycles. The average molecular weight is 284 g/mol. The summed E-state index contributed by atoms with van der Waals surface area (Å²) in [5.74, 6) is 0.237. The zero-order valence-corrected chi connectivity index (χ0v) is 11.2. The van der Waals surface area contributed by atoms with Gasteiger partial charge in [-0.3, -0.25) is 5.32 Å². The van der Waals surface area contributed by atoms with Crippen LogP contribution in [0.1, 0.15) is 12.8 Å². The number of primary amides is 1. The molecule has 1 aliphatic rings. The van der Waals surface area contributed by atoms with Crippen molar-refractivity contribution >= 4 is 28.5 Å². The molecule has 9 heteroatoms.